The molecule has 1 fully saturated rings. The monoisotopic (exact) mass is 454 g/mol. The van der Waals surface area contributed by atoms with Gasteiger partial charge in [-0.05, 0) is 61.1 Å². The van der Waals surface area contributed by atoms with E-state index in [1.807, 2.05) is 31.2 Å². The number of ether oxygens (including phenoxy) is 1. The Kier molecular flexibility index (Phi) is 9.28. The van der Waals surface area contributed by atoms with Crippen LogP contribution in [0.3, 0.4) is 0 Å². The van der Waals surface area contributed by atoms with Crippen LogP contribution in [0.25, 0.3) is 0 Å². The van der Waals surface area contributed by atoms with Crippen molar-refractivity contribution in [1.29, 1.82) is 0 Å². The molecule has 0 unspecified atom stereocenters. The van der Waals surface area contributed by atoms with E-state index in [-0.39, 0.29) is 36.8 Å². The quantitative estimate of drug-likeness (QED) is 0.548. The van der Waals surface area contributed by atoms with Crippen LogP contribution < -0.4 is 10.1 Å². The van der Waals surface area contributed by atoms with Gasteiger partial charge in [-0.3, -0.25) is 9.59 Å². The summed E-state index contributed by atoms with van der Waals surface area (Å²) in [6, 6.07) is 13.2. The van der Waals surface area contributed by atoms with Crippen molar-refractivity contribution in [2.45, 2.75) is 77.4 Å². The predicted molar refractivity (Wildman–Crippen MR) is 127 cm³/mol. The van der Waals surface area contributed by atoms with E-state index < -0.39 is 6.04 Å². The summed E-state index contributed by atoms with van der Waals surface area (Å²) in [6.45, 7) is 4.03. The summed E-state index contributed by atoms with van der Waals surface area (Å²) in [7, 11) is 0. The molecule has 0 aromatic heterocycles. The third-order valence-corrected chi connectivity index (χ3v) is 6.30. The SMILES string of the molecule is CCc1ccc(OCC(=O)N(Cc2ccc(F)cc2)[C@@H](CC)C(=O)NC2CCCCC2)cc1. The normalized spacial score (nSPS) is 15.0. The number of carbonyl (C=O) groups is 2. The largest absolute Gasteiger partial charge is 0.484 e. The number of halogens is 1. The molecule has 33 heavy (non-hydrogen) atoms. The van der Waals surface area contributed by atoms with Crippen LogP contribution in [0.2, 0.25) is 0 Å². The molecule has 0 aliphatic heterocycles. The van der Waals surface area contributed by atoms with Crippen molar-refractivity contribution in [2.24, 2.45) is 0 Å². The molecule has 1 aliphatic rings. The lowest BCUT2D eigenvalue weighted by Crippen LogP contribution is -2.52. The number of rotatable bonds is 10. The molecule has 1 atom stereocenters. The molecule has 1 saturated carbocycles. The molecular weight excluding hydrogens is 419 g/mol. The minimum absolute atomic E-state index is 0.132. The van der Waals surface area contributed by atoms with Gasteiger partial charge >= 0.3 is 0 Å². The Labute approximate surface area is 196 Å². The Hall–Kier alpha value is -2.89. The van der Waals surface area contributed by atoms with Crippen molar-refractivity contribution in [3.05, 3.63) is 65.5 Å². The molecule has 2 aromatic rings. The molecular formula is C27H35FN2O3. The summed E-state index contributed by atoms with van der Waals surface area (Å²) in [6.07, 6.45) is 6.80. The first-order chi connectivity index (χ1) is 16.0. The van der Waals surface area contributed by atoms with Crippen LogP contribution in [0.15, 0.2) is 48.5 Å². The van der Waals surface area contributed by atoms with E-state index >= 15 is 0 Å². The van der Waals surface area contributed by atoms with Gasteiger partial charge < -0.3 is 15.0 Å². The highest BCUT2D eigenvalue weighted by molar-refractivity contribution is 5.88. The second-order valence-corrected chi connectivity index (χ2v) is 8.70. The van der Waals surface area contributed by atoms with E-state index in [1.165, 1.54) is 24.1 Å². The second kappa shape index (κ2) is 12.4. The van der Waals surface area contributed by atoms with Gasteiger partial charge in [0.2, 0.25) is 5.91 Å². The maximum Gasteiger partial charge on any atom is 0.261 e. The van der Waals surface area contributed by atoms with Crippen molar-refractivity contribution < 1.29 is 18.7 Å². The average Bonchev–Trinajstić information content (AvgIpc) is 2.84. The third kappa shape index (κ3) is 7.31. The molecule has 5 nitrogen and oxygen atoms in total. The highest BCUT2D eigenvalue weighted by Crippen LogP contribution is 2.19. The van der Waals surface area contributed by atoms with Crippen LogP contribution in [-0.4, -0.2) is 35.4 Å². The molecule has 1 N–H and O–H groups in total. The van der Waals surface area contributed by atoms with Gasteiger partial charge in [-0.25, -0.2) is 4.39 Å². The molecule has 0 heterocycles. The van der Waals surface area contributed by atoms with E-state index in [0.29, 0.717) is 12.2 Å². The molecule has 6 heteroatoms. The van der Waals surface area contributed by atoms with Crippen LogP contribution in [0.1, 0.15) is 63.5 Å². The van der Waals surface area contributed by atoms with E-state index in [0.717, 1.165) is 37.7 Å². The van der Waals surface area contributed by atoms with Gasteiger partial charge in [0.1, 0.15) is 17.6 Å². The lowest BCUT2D eigenvalue weighted by molar-refractivity contribution is -0.143. The zero-order chi connectivity index (χ0) is 23.6. The molecule has 178 valence electrons. The molecule has 1 aliphatic carbocycles. The van der Waals surface area contributed by atoms with Gasteiger partial charge in [0, 0.05) is 12.6 Å². The highest BCUT2D eigenvalue weighted by Gasteiger charge is 2.30. The van der Waals surface area contributed by atoms with Gasteiger partial charge in [0.15, 0.2) is 6.61 Å². The molecule has 2 aromatic carbocycles. The Balaban J connectivity index is 1.73. The molecule has 0 bridgehead atoms. The minimum Gasteiger partial charge on any atom is -0.484 e. The van der Waals surface area contributed by atoms with Crippen LogP contribution in [0, 0.1) is 5.82 Å². The smallest absolute Gasteiger partial charge is 0.261 e. The lowest BCUT2D eigenvalue weighted by atomic mass is 9.95. The summed E-state index contributed by atoms with van der Waals surface area (Å²) < 4.78 is 19.1. The minimum atomic E-state index is -0.615. The number of nitrogens with one attached hydrogen (secondary N) is 1. The van der Waals surface area contributed by atoms with E-state index in [9.17, 15) is 14.0 Å². The number of aryl methyl sites for hydroxylation is 1. The Morgan fingerprint density at radius 1 is 1.00 bits per heavy atom. The third-order valence-electron chi connectivity index (χ3n) is 6.30. The van der Waals surface area contributed by atoms with Crippen molar-refractivity contribution in [2.75, 3.05) is 6.61 Å². The Bertz CT molecular complexity index is 893. The fourth-order valence-corrected chi connectivity index (χ4v) is 4.30. The first kappa shape index (κ1) is 24.7. The zero-order valence-electron chi connectivity index (χ0n) is 19.7. The van der Waals surface area contributed by atoms with Crippen LogP contribution in [0.5, 0.6) is 5.75 Å². The molecule has 2 amide bonds. The molecule has 0 spiro atoms. The second-order valence-electron chi connectivity index (χ2n) is 8.70. The number of carbonyl (C=O) groups excluding carboxylic acids is 2. The summed E-state index contributed by atoms with van der Waals surface area (Å²) in [5.41, 5.74) is 1.96. The highest BCUT2D eigenvalue weighted by atomic mass is 19.1. The van der Waals surface area contributed by atoms with Crippen molar-refractivity contribution in [1.82, 2.24) is 10.2 Å². The summed E-state index contributed by atoms with van der Waals surface area (Å²) in [5.74, 6) is -0.128. The standard InChI is InChI=1S/C27H35FN2O3/c1-3-20-12-16-24(17-13-20)33-19-26(31)30(18-21-10-14-22(28)15-11-21)25(4-2)27(32)29-23-8-6-5-7-9-23/h10-17,23,25H,3-9,18-19H2,1-2H3,(H,29,32)/t25-/m0/s1. The number of benzene rings is 2. The van der Waals surface area contributed by atoms with Gasteiger partial charge in [0.25, 0.3) is 5.91 Å². The molecule has 3 rings (SSSR count). The van der Waals surface area contributed by atoms with E-state index in [4.69, 9.17) is 4.74 Å². The zero-order valence-corrected chi connectivity index (χ0v) is 19.7. The Morgan fingerprint density at radius 3 is 2.24 bits per heavy atom. The van der Waals surface area contributed by atoms with E-state index in [2.05, 4.69) is 12.2 Å². The lowest BCUT2D eigenvalue weighted by Gasteiger charge is -2.32. The number of hydrogen-bond acceptors (Lipinski definition) is 3. The number of amides is 2. The van der Waals surface area contributed by atoms with Gasteiger partial charge in [-0.15, -0.1) is 0 Å². The topological polar surface area (TPSA) is 58.6 Å². The van der Waals surface area contributed by atoms with Crippen molar-refractivity contribution in [3.63, 3.8) is 0 Å². The van der Waals surface area contributed by atoms with Crippen molar-refractivity contribution >= 4 is 11.8 Å². The van der Waals surface area contributed by atoms with Crippen LogP contribution >= 0.6 is 0 Å². The van der Waals surface area contributed by atoms with E-state index in [1.54, 1.807) is 17.0 Å². The average molecular weight is 455 g/mol. The van der Waals surface area contributed by atoms with Crippen LogP contribution in [-0.2, 0) is 22.6 Å². The molecule has 0 radical (unpaired) electrons. The summed E-state index contributed by atoms with van der Waals surface area (Å²) in [4.78, 5) is 28.0. The van der Waals surface area contributed by atoms with Gasteiger partial charge in [-0.1, -0.05) is 57.4 Å². The summed E-state index contributed by atoms with van der Waals surface area (Å²) >= 11 is 0. The fraction of sp³-hybridized carbons (Fsp3) is 0.481. The maximum atomic E-state index is 13.4. The predicted octanol–water partition coefficient (Wildman–Crippen LogP) is 5.02. The first-order valence-corrected chi connectivity index (χ1v) is 12.1. The fourth-order valence-electron chi connectivity index (χ4n) is 4.30. The number of nitrogens with zero attached hydrogens (tertiary/aromatic N) is 1. The number of hydrogen-bond donors (Lipinski definition) is 1. The van der Waals surface area contributed by atoms with Crippen molar-refractivity contribution in [3.8, 4) is 5.75 Å². The summed E-state index contributed by atoms with van der Waals surface area (Å²) in [5, 5.41) is 3.15. The van der Waals surface area contributed by atoms with Gasteiger partial charge in [-0.2, -0.15) is 0 Å². The van der Waals surface area contributed by atoms with Crippen LogP contribution in [0.4, 0.5) is 4.39 Å². The maximum absolute atomic E-state index is 13.4. The molecule has 0 saturated heterocycles. The Morgan fingerprint density at radius 2 is 1.64 bits per heavy atom. The first-order valence-electron chi connectivity index (χ1n) is 12.1. The van der Waals surface area contributed by atoms with Gasteiger partial charge in [0.05, 0.1) is 0 Å².